The summed E-state index contributed by atoms with van der Waals surface area (Å²) in [5, 5.41) is 13.3. The number of benzene rings is 1. The highest BCUT2D eigenvalue weighted by atomic mass is 35.5. The maximum Gasteiger partial charge on any atom is 0.341 e. The smallest absolute Gasteiger partial charge is 0.341 e. The summed E-state index contributed by atoms with van der Waals surface area (Å²) in [6.07, 6.45) is 5.64. The molecule has 1 N–H and O–H groups in total. The Morgan fingerprint density at radius 3 is 2.91 bits per heavy atom. The molecule has 4 rings (SSSR count). The Morgan fingerprint density at radius 1 is 1.32 bits per heavy atom. The number of nitrogens with zero attached hydrogens (tertiary/aromatic N) is 3. The molecule has 1 aliphatic carbocycles. The predicted molar refractivity (Wildman–Crippen MR) is 137 cm³/mol. The molecule has 178 valence electrons. The van der Waals surface area contributed by atoms with Crippen LogP contribution in [-0.4, -0.2) is 39.0 Å². The fourth-order valence-corrected chi connectivity index (χ4v) is 6.13. The fraction of sp³-hybridized carbons (Fsp3) is 0.333. The Bertz CT molecular complexity index is 1220. The van der Waals surface area contributed by atoms with Crippen molar-refractivity contribution in [1.82, 2.24) is 14.8 Å². The van der Waals surface area contributed by atoms with Crippen LogP contribution in [0.3, 0.4) is 0 Å². The van der Waals surface area contributed by atoms with Gasteiger partial charge in [0.1, 0.15) is 5.00 Å². The van der Waals surface area contributed by atoms with Gasteiger partial charge < -0.3 is 10.1 Å². The van der Waals surface area contributed by atoms with Crippen LogP contribution >= 0.6 is 34.7 Å². The van der Waals surface area contributed by atoms with Gasteiger partial charge in [0.2, 0.25) is 5.91 Å². The van der Waals surface area contributed by atoms with Crippen LogP contribution in [0.4, 0.5) is 5.00 Å². The lowest BCUT2D eigenvalue weighted by Crippen LogP contribution is -2.17. The van der Waals surface area contributed by atoms with Gasteiger partial charge in [0.05, 0.1) is 17.9 Å². The second-order valence-electron chi connectivity index (χ2n) is 7.69. The molecule has 2 aromatic heterocycles. The number of fused-ring (bicyclic) bond motifs is 1. The number of ether oxygens (including phenoxy) is 1. The van der Waals surface area contributed by atoms with Gasteiger partial charge in [-0.2, -0.15) is 0 Å². The van der Waals surface area contributed by atoms with Gasteiger partial charge in [0.15, 0.2) is 11.0 Å². The zero-order valence-electron chi connectivity index (χ0n) is 18.8. The van der Waals surface area contributed by atoms with Gasteiger partial charge in [-0.3, -0.25) is 9.36 Å². The number of aryl methyl sites for hydroxylation is 1. The van der Waals surface area contributed by atoms with E-state index < -0.39 is 0 Å². The van der Waals surface area contributed by atoms with Crippen LogP contribution in [0.15, 0.2) is 42.1 Å². The zero-order valence-corrected chi connectivity index (χ0v) is 21.2. The van der Waals surface area contributed by atoms with Crippen LogP contribution in [0.1, 0.15) is 40.6 Å². The summed E-state index contributed by atoms with van der Waals surface area (Å²) in [4.78, 5) is 26.6. The van der Waals surface area contributed by atoms with Crippen molar-refractivity contribution in [3.05, 3.63) is 57.9 Å². The van der Waals surface area contributed by atoms with Crippen molar-refractivity contribution in [2.45, 2.75) is 44.3 Å². The molecule has 0 aliphatic heterocycles. The fourth-order valence-electron chi connectivity index (χ4n) is 3.90. The lowest BCUT2D eigenvalue weighted by Gasteiger charge is -2.12. The molecule has 0 saturated carbocycles. The minimum Gasteiger partial charge on any atom is -0.462 e. The average molecular weight is 517 g/mol. The number of carbonyl (C=O) groups excluding carboxylic acids is 2. The summed E-state index contributed by atoms with van der Waals surface area (Å²) < 4.78 is 7.16. The third-order valence-corrected chi connectivity index (χ3v) is 7.76. The van der Waals surface area contributed by atoms with E-state index in [2.05, 4.69) is 22.1 Å². The molecule has 0 spiro atoms. The van der Waals surface area contributed by atoms with E-state index in [0.29, 0.717) is 39.7 Å². The largest absolute Gasteiger partial charge is 0.462 e. The molecule has 34 heavy (non-hydrogen) atoms. The summed E-state index contributed by atoms with van der Waals surface area (Å²) in [6.45, 7) is 6.38. The van der Waals surface area contributed by atoms with Crippen LogP contribution < -0.4 is 5.32 Å². The first kappa shape index (κ1) is 24.5. The maximum atomic E-state index is 12.8. The number of anilines is 1. The lowest BCUT2D eigenvalue weighted by molar-refractivity contribution is -0.113. The zero-order chi connectivity index (χ0) is 24.1. The van der Waals surface area contributed by atoms with Crippen LogP contribution in [-0.2, 0) is 28.9 Å². The number of allylic oxidation sites excluding steroid dienone is 1. The van der Waals surface area contributed by atoms with E-state index in [4.69, 9.17) is 16.3 Å². The third kappa shape index (κ3) is 5.37. The molecule has 10 heteroatoms. The predicted octanol–water partition coefficient (Wildman–Crippen LogP) is 5.63. The van der Waals surface area contributed by atoms with E-state index >= 15 is 0 Å². The Hall–Kier alpha value is -2.62. The molecule has 0 radical (unpaired) electrons. The number of thioether (sulfide) groups is 1. The molecule has 0 fully saturated rings. The summed E-state index contributed by atoms with van der Waals surface area (Å²) in [7, 11) is 0. The van der Waals surface area contributed by atoms with Gasteiger partial charge in [0, 0.05) is 22.0 Å². The number of hydrogen-bond acceptors (Lipinski definition) is 7. The third-order valence-electron chi connectivity index (χ3n) is 5.35. The summed E-state index contributed by atoms with van der Waals surface area (Å²) in [5.41, 5.74) is 2.37. The van der Waals surface area contributed by atoms with Crippen molar-refractivity contribution in [1.29, 1.82) is 0 Å². The highest BCUT2D eigenvalue weighted by Crippen LogP contribution is 2.38. The van der Waals surface area contributed by atoms with Crippen molar-refractivity contribution in [2.75, 3.05) is 17.7 Å². The van der Waals surface area contributed by atoms with Crippen LogP contribution in [0.2, 0.25) is 5.02 Å². The minimum absolute atomic E-state index is 0.121. The second kappa shape index (κ2) is 11.2. The quantitative estimate of drug-likeness (QED) is 0.225. The highest BCUT2D eigenvalue weighted by Gasteiger charge is 2.27. The van der Waals surface area contributed by atoms with Gasteiger partial charge in [-0.15, -0.1) is 28.1 Å². The first-order valence-corrected chi connectivity index (χ1v) is 13.2. The first-order valence-electron chi connectivity index (χ1n) is 11.1. The maximum absolute atomic E-state index is 12.8. The van der Waals surface area contributed by atoms with Gasteiger partial charge in [-0.1, -0.05) is 41.6 Å². The number of hydrogen-bond donors (Lipinski definition) is 1. The van der Waals surface area contributed by atoms with Gasteiger partial charge >= 0.3 is 5.97 Å². The lowest BCUT2D eigenvalue weighted by atomic mass is 9.95. The summed E-state index contributed by atoms with van der Waals surface area (Å²) >= 11 is 8.89. The second-order valence-corrected chi connectivity index (χ2v) is 10.2. The monoisotopic (exact) mass is 516 g/mol. The van der Waals surface area contributed by atoms with Crippen molar-refractivity contribution in [3.8, 4) is 11.4 Å². The average Bonchev–Trinajstić information content (AvgIpc) is 3.39. The molecular weight excluding hydrogens is 492 g/mol. The molecule has 0 unspecified atom stereocenters. The summed E-state index contributed by atoms with van der Waals surface area (Å²) in [5.74, 6) is 0.185. The molecule has 0 atom stereocenters. The molecule has 1 amide bonds. The molecule has 0 saturated heterocycles. The molecule has 1 aromatic carbocycles. The normalized spacial score (nSPS) is 12.8. The summed E-state index contributed by atoms with van der Waals surface area (Å²) in [6, 6.07) is 7.38. The number of aromatic nitrogens is 3. The van der Waals surface area contributed by atoms with Crippen LogP contribution in [0.5, 0.6) is 0 Å². The Labute approximate surface area is 211 Å². The van der Waals surface area contributed by atoms with Crippen molar-refractivity contribution < 1.29 is 14.3 Å². The van der Waals surface area contributed by atoms with Crippen molar-refractivity contribution in [2.24, 2.45) is 0 Å². The van der Waals surface area contributed by atoms with Crippen molar-refractivity contribution >= 4 is 51.6 Å². The molecule has 0 bridgehead atoms. The Balaban J connectivity index is 1.50. The minimum atomic E-state index is -0.373. The van der Waals surface area contributed by atoms with Crippen LogP contribution in [0, 0.1) is 0 Å². The number of esters is 1. The number of amides is 1. The van der Waals surface area contributed by atoms with E-state index in [1.165, 1.54) is 23.1 Å². The number of rotatable bonds is 9. The van der Waals surface area contributed by atoms with Crippen LogP contribution in [0.25, 0.3) is 11.4 Å². The van der Waals surface area contributed by atoms with Gasteiger partial charge in [-0.25, -0.2) is 4.79 Å². The Morgan fingerprint density at radius 2 is 2.15 bits per heavy atom. The number of thiophene rings is 1. The Kier molecular flexibility index (Phi) is 8.07. The van der Waals surface area contributed by atoms with Crippen molar-refractivity contribution in [3.63, 3.8) is 0 Å². The number of halogens is 1. The van der Waals surface area contributed by atoms with E-state index in [-0.39, 0.29) is 17.6 Å². The SMILES string of the molecule is C=CCn1c(SCC(=O)Nc2sc3c(c2C(=O)OCC)CCCC3)nnc1-c1cccc(Cl)c1. The molecule has 1 aliphatic rings. The molecular formula is C24H25ClN4O3S2. The number of nitrogens with one attached hydrogen (secondary N) is 1. The first-order chi connectivity index (χ1) is 16.5. The molecule has 3 aromatic rings. The van der Waals surface area contributed by atoms with E-state index in [1.807, 2.05) is 22.8 Å². The van der Waals surface area contributed by atoms with Gasteiger partial charge in [-0.05, 0) is 50.3 Å². The van der Waals surface area contributed by atoms with E-state index in [0.717, 1.165) is 41.7 Å². The number of carbonyl (C=O) groups is 2. The topological polar surface area (TPSA) is 86.1 Å². The standard InChI is InChI=1S/C24H25ClN4O3S2/c1-3-12-29-21(15-8-7-9-16(25)13-15)27-28-24(29)33-14-19(30)26-22-20(23(31)32-4-2)17-10-5-6-11-18(17)34-22/h3,7-9,13H,1,4-6,10-12,14H2,2H3,(H,26,30). The molecule has 7 nitrogen and oxygen atoms in total. The highest BCUT2D eigenvalue weighted by molar-refractivity contribution is 7.99. The molecule has 2 heterocycles. The van der Waals surface area contributed by atoms with E-state index in [1.54, 1.807) is 19.1 Å². The van der Waals surface area contributed by atoms with Gasteiger partial charge in [0.25, 0.3) is 0 Å². The van der Waals surface area contributed by atoms with E-state index in [9.17, 15) is 9.59 Å².